The van der Waals surface area contributed by atoms with Crippen LogP contribution in [0.15, 0.2) is 16.6 Å². The van der Waals surface area contributed by atoms with Crippen LogP contribution in [0.3, 0.4) is 0 Å². The van der Waals surface area contributed by atoms with Crippen molar-refractivity contribution in [3.63, 3.8) is 0 Å². The number of aromatic carboxylic acids is 1. The molecule has 0 radical (unpaired) electrons. The average Bonchev–Trinajstić information content (AvgIpc) is 2.45. The summed E-state index contributed by atoms with van der Waals surface area (Å²) in [7, 11) is 1.65. The standard InChI is InChI=1S/C10H8BrNO3/c1-12-8-3-5(10(14)15)2-7(11)6(8)4-9(12)13/h2-3H,4H2,1H3,(H,14,15). The molecule has 0 unspecified atom stereocenters. The minimum absolute atomic E-state index is 0.0201. The normalized spacial score (nSPS) is 14.3. The average molecular weight is 270 g/mol. The number of carboxylic acids is 1. The molecule has 0 fully saturated rings. The molecule has 0 saturated heterocycles. The van der Waals surface area contributed by atoms with Crippen molar-refractivity contribution in [2.75, 3.05) is 11.9 Å². The molecule has 1 heterocycles. The molecule has 0 spiro atoms. The lowest BCUT2D eigenvalue weighted by Gasteiger charge is -2.11. The molecule has 0 saturated carbocycles. The number of hydrogen-bond acceptors (Lipinski definition) is 2. The molecule has 1 amide bonds. The molecule has 0 aromatic heterocycles. The Morgan fingerprint density at radius 3 is 2.80 bits per heavy atom. The smallest absolute Gasteiger partial charge is 0.335 e. The highest BCUT2D eigenvalue weighted by Crippen LogP contribution is 2.34. The summed E-state index contributed by atoms with van der Waals surface area (Å²) < 4.78 is 0.676. The van der Waals surface area contributed by atoms with Gasteiger partial charge in [0.25, 0.3) is 0 Å². The highest BCUT2D eigenvalue weighted by molar-refractivity contribution is 9.10. The van der Waals surface area contributed by atoms with Gasteiger partial charge >= 0.3 is 5.97 Å². The lowest BCUT2D eigenvalue weighted by atomic mass is 10.1. The molecule has 1 aliphatic heterocycles. The molecule has 1 aliphatic rings. The van der Waals surface area contributed by atoms with Crippen LogP contribution in [0.1, 0.15) is 15.9 Å². The molecule has 0 aliphatic carbocycles. The largest absolute Gasteiger partial charge is 0.478 e. The van der Waals surface area contributed by atoms with Gasteiger partial charge in [-0.1, -0.05) is 15.9 Å². The third-order valence-corrected chi connectivity index (χ3v) is 3.19. The fourth-order valence-electron chi connectivity index (χ4n) is 1.62. The maximum Gasteiger partial charge on any atom is 0.335 e. The number of carboxylic acid groups (broad SMARTS) is 1. The summed E-state index contributed by atoms with van der Waals surface area (Å²) in [6.45, 7) is 0. The number of hydrogen-bond donors (Lipinski definition) is 1. The van der Waals surface area contributed by atoms with Gasteiger partial charge in [-0.25, -0.2) is 4.79 Å². The van der Waals surface area contributed by atoms with E-state index in [0.717, 1.165) is 5.56 Å². The first-order valence-electron chi connectivity index (χ1n) is 4.33. The molecule has 78 valence electrons. The zero-order valence-electron chi connectivity index (χ0n) is 7.95. The van der Waals surface area contributed by atoms with Crippen LogP contribution < -0.4 is 4.90 Å². The van der Waals surface area contributed by atoms with Crippen LogP contribution in [0.5, 0.6) is 0 Å². The third kappa shape index (κ3) is 1.52. The number of halogens is 1. The zero-order chi connectivity index (χ0) is 11.2. The number of anilines is 1. The summed E-state index contributed by atoms with van der Waals surface area (Å²) in [5, 5.41) is 8.87. The van der Waals surface area contributed by atoms with Crippen molar-refractivity contribution in [3.8, 4) is 0 Å². The fraction of sp³-hybridized carbons (Fsp3) is 0.200. The summed E-state index contributed by atoms with van der Waals surface area (Å²) in [6.07, 6.45) is 0.326. The predicted octanol–water partition coefficient (Wildman–Crippen LogP) is 1.67. The maximum absolute atomic E-state index is 11.4. The molecule has 15 heavy (non-hydrogen) atoms. The van der Waals surface area contributed by atoms with Crippen LogP contribution in [0, 0.1) is 0 Å². The molecule has 2 rings (SSSR count). The number of benzene rings is 1. The summed E-state index contributed by atoms with van der Waals surface area (Å²) in [5.74, 6) is -1.01. The van der Waals surface area contributed by atoms with Gasteiger partial charge < -0.3 is 10.0 Å². The number of likely N-dealkylation sites (N-methyl/N-ethyl adjacent to an activating group) is 1. The monoisotopic (exact) mass is 269 g/mol. The first-order chi connectivity index (χ1) is 7.00. The van der Waals surface area contributed by atoms with E-state index in [4.69, 9.17) is 5.11 Å². The number of amides is 1. The first kappa shape index (κ1) is 10.2. The fourth-order valence-corrected chi connectivity index (χ4v) is 2.21. The van der Waals surface area contributed by atoms with Crippen LogP contribution in [0.4, 0.5) is 5.69 Å². The van der Waals surface area contributed by atoms with Gasteiger partial charge in [-0.3, -0.25) is 4.79 Å². The molecule has 4 nitrogen and oxygen atoms in total. The van der Waals surface area contributed by atoms with Gasteiger partial charge in [0.05, 0.1) is 12.0 Å². The van der Waals surface area contributed by atoms with Gasteiger partial charge in [-0.2, -0.15) is 0 Å². The number of nitrogens with zero attached hydrogens (tertiary/aromatic N) is 1. The Hall–Kier alpha value is -1.36. The number of rotatable bonds is 1. The summed E-state index contributed by atoms with van der Waals surface area (Å²) in [5.41, 5.74) is 1.71. The SMILES string of the molecule is CN1C(=O)Cc2c(Br)cc(C(=O)O)cc21. The quantitative estimate of drug-likeness (QED) is 0.844. The Labute approximate surface area is 94.6 Å². The topological polar surface area (TPSA) is 57.6 Å². The highest BCUT2D eigenvalue weighted by Gasteiger charge is 2.27. The molecule has 0 bridgehead atoms. The molecular weight excluding hydrogens is 262 g/mol. The summed E-state index contributed by atoms with van der Waals surface area (Å²) in [6, 6.07) is 3.04. The van der Waals surface area contributed by atoms with Gasteiger partial charge in [0.1, 0.15) is 0 Å². The summed E-state index contributed by atoms with van der Waals surface area (Å²) in [4.78, 5) is 23.7. The second-order valence-corrected chi connectivity index (χ2v) is 4.24. The van der Waals surface area contributed by atoms with E-state index in [1.165, 1.54) is 17.0 Å². The van der Waals surface area contributed by atoms with Crippen LogP contribution in [-0.2, 0) is 11.2 Å². The van der Waals surface area contributed by atoms with Gasteiger partial charge in [-0.15, -0.1) is 0 Å². The van der Waals surface area contributed by atoms with E-state index in [1.807, 2.05) is 0 Å². The second-order valence-electron chi connectivity index (χ2n) is 3.39. The molecule has 1 aromatic rings. The number of carbonyl (C=O) groups excluding carboxylic acids is 1. The van der Waals surface area contributed by atoms with E-state index in [9.17, 15) is 9.59 Å². The van der Waals surface area contributed by atoms with E-state index < -0.39 is 5.97 Å². The van der Waals surface area contributed by atoms with Crippen molar-refractivity contribution < 1.29 is 14.7 Å². The van der Waals surface area contributed by atoms with Crippen LogP contribution in [0.25, 0.3) is 0 Å². The Bertz CT molecular complexity index is 470. The minimum Gasteiger partial charge on any atom is -0.478 e. The van der Waals surface area contributed by atoms with Crippen molar-refractivity contribution in [3.05, 3.63) is 27.7 Å². The van der Waals surface area contributed by atoms with Gasteiger partial charge in [0.15, 0.2) is 0 Å². The molecule has 5 heteroatoms. The Kier molecular flexibility index (Phi) is 2.26. The van der Waals surface area contributed by atoms with E-state index in [1.54, 1.807) is 7.05 Å². The third-order valence-electron chi connectivity index (χ3n) is 2.48. The Balaban J connectivity index is 2.62. The van der Waals surface area contributed by atoms with Gasteiger partial charge in [0, 0.05) is 17.2 Å². The van der Waals surface area contributed by atoms with E-state index >= 15 is 0 Å². The number of fused-ring (bicyclic) bond motifs is 1. The molecule has 1 aromatic carbocycles. The van der Waals surface area contributed by atoms with Crippen molar-refractivity contribution in [2.24, 2.45) is 0 Å². The predicted molar refractivity (Wildman–Crippen MR) is 58.2 cm³/mol. The number of carbonyl (C=O) groups is 2. The Morgan fingerprint density at radius 1 is 1.53 bits per heavy atom. The van der Waals surface area contributed by atoms with Crippen molar-refractivity contribution in [1.29, 1.82) is 0 Å². The van der Waals surface area contributed by atoms with Crippen LogP contribution in [-0.4, -0.2) is 24.0 Å². The maximum atomic E-state index is 11.4. The Morgan fingerprint density at radius 2 is 2.20 bits per heavy atom. The lowest BCUT2D eigenvalue weighted by molar-refractivity contribution is -0.117. The van der Waals surface area contributed by atoms with Gasteiger partial charge in [-0.05, 0) is 17.7 Å². The van der Waals surface area contributed by atoms with Gasteiger partial charge in [0.2, 0.25) is 5.91 Å². The van der Waals surface area contributed by atoms with Crippen LogP contribution in [0.2, 0.25) is 0 Å². The van der Waals surface area contributed by atoms with E-state index in [2.05, 4.69) is 15.9 Å². The van der Waals surface area contributed by atoms with Crippen LogP contribution >= 0.6 is 15.9 Å². The highest BCUT2D eigenvalue weighted by atomic mass is 79.9. The van der Waals surface area contributed by atoms with Crippen molar-refractivity contribution in [1.82, 2.24) is 0 Å². The van der Waals surface area contributed by atoms with Crippen molar-refractivity contribution in [2.45, 2.75) is 6.42 Å². The summed E-state index contributed by atoms with van der Waals surface area (Å²) >= 11 is 3.28. The lowest BCUT2D eigenvalue weighted by Crippen LogP contribution is -2.20. The zero-order valence-corrected chi connectivity index (χ0v) is 9.54. The first-order valence-corrected chi connectivity index (χ1v) is 5.12. The van der Waals surface area contributed by atoms with Crippen molar-refractivity contribution >= 4 is 33.5 Å². The molecular formula is C10H8BrNO3. The van der Waals surface area contributed by atoms with E-state index in [0.29, 0.717) is 16.6 Å². The molecule has 1 N–H and O–H groups in total. The minimum atomic E-state index is -0.994. The molecule has 0 atom stereocenters. The second kappa shape index (κ2) is 3.34. The van der Waals surface area contributed by atoms with E-state index in [-0.39, 0.29) is 11.5 Å².